The smallest absolute Gasteiger partial charge is 0.322 e. The molecular weight excluding hydrogens is 649 g/mol. The van der Waals surface area contributed by atoms with Crippen molar-refractivity contribution in [2.75, 3.05) is 30.3 Å². The fourth-order valence-corrected chi connectivity index (χ4v) is 5.86. The zero-order valence-electron chi connectivity index (χ0n) is 26.5. The van der Waals surface area contributed by atoms with E-state index in [4.69, 9.17) is 11.6 Å². The number of nitrogens with one attached hydrogen (secondary N) is 2. The van der Waals surface area contributed by atoms with Crippen LogP contribution in [0.3, 0.4) is 0 Å². The van der Waals surface area contributed by atoms with Gasteiger partial charge in [0.05, 0.1) is 17.7 Å². The Kier molecular flexibility index (Phi) is 10.1. The second kappa shape index (κ2) is 14.1. The van der Waals surface area contributed by atoms with Crippen molar-refractivity contribution in [3.63, 3.8) is 0 Å². The van der Waals surface area contributed by atoms with Crippen LogP contribution in [0, 0.1) is 5.82 Å². The Bertz CT molecular complexity index is 1900. The first-order valence-corrected chi connectivity index (χ1v) is 15.7. The summed E-state index contributed by atoms with van der Waals surface area (Å²) in [6, 6.07) is 14.7. The first kappa shape index (κ1) is 34.4. The van der Waals surface area contributed by atoms with Gasteiger partial charge in [-0.05, 0) is 50.6 Å². The molecule has 1 fully saturated rings. The number of urea groups is 1. The number of hydrogen-bond acceptors (Lipinski definition) is 5. The first-order chi connectivity index (χ1) is 22.7. The number of Topliss-reactive ketones (excluding diaryl/α,β-unsaturated/α-hetero) is 1. The molecule has 4 aromatic rings. The zero-order chi connectivity index (χ0) is 34.7. The third kappa shape index (κ3) is 7.62. The van der Waals surface area contributed by atoms with Gasteiger partial charge in [0.25, 0.3) is 5.92 Å². The van der Waals surface area contributed by atoms with Gasteiger partial charge in [-0.25, -0.2) is 18.0 Å². The van der Waals surface area contributed by atoms with Crippen LogP contribution in [0.25, 0.3) is 22.0 Å². The molecule has 252 valence electrons. The topological polar surface area (TPSA) is 117 Å². The van der Waals surface area contributed by atoms with E-state index in [0.29, 0.717) is 21.5 Å². The summed E-state index contributed by atoms with van der Waals surface area (Å²) in [5.41, 5.74) is 1.31. The summed E-state index contributed by atoms with van der Waals surface area (Å²) in [5.74, 6) is -5.16. The van der Waals surface area contributed by atoms with Crippen LogP contribution in [0.5, 0.6) is 0 Å². The Hall–Kier alpha value is -4.91. The number of alkyl halides is 2. The minimum absolute atomic E-state index is 0.0427. The van der Waals surface area contributed by atoms with E-state index in [9.17, 15) is 28.0 Å². The Morgan fingerprint density at radius 2 is 1.75 bits per heavy atom. The van der Waals surface area contributed by atoms with Crippen LogP contribution >= 0.6 is 11.6 Å². The maximum Gasteiger partial charge on any atom is 0.322 e. The molecule has 1 aliphatic heterocycles. The highest BCUT2D eigenvalue weighted by atomic mass is 35.5. The van der Waals surface area contributed by atoms with Gasteiger partial charge < -0.3 is 20.4 Å². The summed E-state index contributed by atoms with van der Waals surface area (Å²) in [6.45, 7) is 3.53. The highest BCUT2D eigenvalue weighted by Crippen LogP contribution is 2.33. The maximum absolute atomic E-state index is 15.4. The molecule has 0 aliphatic carbocycles. The first-order valence-electron chi connectivity index (χ1n) is 15.3. The molecule has 3 aromatic carbocycles. The number of nitrogens with zero attached hydrogens (tertiary/aromatic N) is 4. The number of benzene rings is 3. The summed E-state index contributed by atoms with van der Waals surface area (Å²) < 4.78 is 44.4. The van der Waals surface area contributed by atoms with Crippen LogP contribution in [-0.4, -0.2) is 74.8 Å². The number of likely N-dealkylation sites (tertiary alicyclic amines) is 1. The normalized spacial score (nSPS) is 14.2. The largest absolute Gasteiger partial charge is 0.329 e. The summed E-state index contributed by atoms with van der Waals surface area (Å²) in [7, 11) is 0. The maximum atomic E-state index is 15.4. The lowest BCUT2D eigenvalue weighted by atomic mass is 10.0. The number of fused-ring (bicyclic) bond motifs is 1. The Morgan fingerprint density at radius 1 is 1.02 bits per heavy atom. The lowest BCUT2D eigenvalue weighted by Crippen LogP contribution is -2.47. The van der Waals surface area contributed by atoms with Crippen LogP contribution < -0.4 is 10.6 Å². The molecule has 0 unspecified atom stereocenters. The number of carbonyl (C=O) groups is 4. The quantitative estimate of drug-likeness (QED) is 0.188. The van der Waals surface area contributed by atoms with Crippen molar-refractivity contribution < 1.29 is 32.3 Å². The van der Waals surface area contributed by atoms with E-state index in [1.165, 1.54) is 34.7 Å². The third-order valence-electron chi connectivity index (χ3n) is 7.99. The molecule has 14 heteroatoms. The molecule has 0 radical (unpaired) electrons. The zero-order valence-corrected chi connectivity index (χ0v) is 27.3. The average molecular weight is 683 g/mol. The molecule has 0 spiro atoms. The van der Waals surface area contributed by atoms with Crippen molar-refractivity contribution in [3.05, 3.63) is 77.2 Å². The second-order valence-corrected chi connectivity index (χ2v) is 12.3. The summed E-state index contributed by atoms with van der Waals surface area (Å²) >= 11 is 6.25. The summed E-state index contributed by atoms with van der Waals surface area (Å²) in [5, 5.41) is 10.2. The number of aromatic nitrogens is 2. The molecule has 1 aromatic heterocycles. The summed E-state index contributed by atoms with van der Waals surface area (Å²) in [6.07, 6.45) is -0.101. The van der Waals surface area contributed by atoms with Crippen LogP contribution in [0.2, 0.25) is 5.02 Å². The van der Waals surface area contributed by atoms with Crippen molar-refractivity contribution in [2.45, 2.75) is 52.1 Å². The molecule has 2 heterocycles. The molecule has 2 N–H and O–H groups in total. The SMILES string of the molecule is CC(=O)c1nn(CC(=O)N(CC(=O)Nc2cccc(-c3ccccc3Cl)c2F)C(C)C)c2ccc(NC(=O)N3CCCC(F)(F)C3)cc12. The second-order valence-electron chi connectivity index (χ2n) is 11.9. The van der Waals surface area contributed by atoms with Gasteiger partial charge in [-0.2, -0.15) is 5.10 Å². The third-order valence-corrected chi connectivity index (χ3v) is 8.32. The molecular formula is C34H34ClF3N6O4. The van der Waals surface area contributed by atoms with E-state index in [-0.39, 0.29) is 48.6 Å². The lowest BCUT2D eigenvalue weighted by Gasteiger charge is -2.32. The Balaban J connectivity index is 1.31. The molecule has 0 saturated carbocycles. The van der Waals surface area contributed by atoms with Crippen LogP contribution in [0.15, 0.2) is 60.7 Å². The number of halogens is 4. The monoisotopic (exact) mass is 682 g/mol. The number of piperidine rings is 1. The van der Waals surface area contributed by atoms with E-state index < -0.39 is 54.5 Å². The molecule has 1 aliphatic rings. The van der Waals surface area contributed by atoms with E-state index in [0.717, 1.165) is 4.90 Å². The fraction of sp³-hybridized carbons (Fsp3) is 0.324. The average Bonchev–Trinajstić information content (AvgIpc) is 3.38. The molecule has 0 bridgehead atoms. The number of carbonyl (C=O) groups excluding carboxylic acids is 4. The van der Waals surface area contributed by atoms with Gasteiger partial charge in [0.1, 0.15) is 18.8 Å². The van der Waals surface area contributed by atoms with Crippen molar-refractivity contribution in [2.24, 2.45) is 0 Å². The van der Waals surface area contributed by atoms with Crippen LogP contribution in [0.4, 0.5) is 29.3 Å². The lowest BCUT2D eigenvalue weighted by molar-refractivity contribution is -0.137. The van der Waals surface area contributed by atoms with Crippen molar-refractivity contribution >= 4 is 57.5 Å². The minimum atomic E-state index is -2.96. The molecule has 10 nitrogen and oxygen atoms in total. The van der Waals surface area contributed by atoms with E-state index >= 15 is 4.39 Å². The standard InChI is InChI=1S/C34H34ClF3N6O4/c1-20(2)43(17-29(46)40-27-11-6-9-24(31(27)36)23-8-4-5-10-26(23)35)30(47)18-44-28-13-12-22(16-25(28)32(41-44)21(3)45)39-33(48)42-15-7-14-34(37,38)19-42/h4-6,8-13,16,20H,7,14-15,17-19H2,1-3H3,(H,39,48)(H,40,46). The van der Waals surface area contributed by atoms with Crippen molar-refractivity contribution in [3.8, 4) is 11.1 Å². The highest BCUT2D eigenvalue weighted by molar-refractivity contribution is 6.33. The van der Waals surface area contributed by atoms with Gasteiger partial charge in [0, 0.05) is 53.2 Å². The Morgan fingerprint density at radius 3 is 2.44 bits per heavy atom. The van der Waals surface area contributed by atoms with Gasteiger partial charge in [-0.1, -0.05) is 41.9 Å². The number of ketones is 1. The van der Waals surface area contributed by atoms with Gasteiger partial charge in [0.15, 0.2) is 11.6 Å². The molecule has 0 atom stereocenters. The predicted octanol–water partition coefficient (Wildman–Crippen LogP) is 6.84. The molecule has 5 rings (SSSR count). The number of hydrogen-bond donors (Lipinski definition) is 2. The van der Waals surface area contributed by atoms with Crippen molar-refractivity contribution in [1.82, 2.24) is 19.6 Å². The molecule has 48 heavy (non-hydrogen) atoms. The van der Waals surface area contributed by atoms with Gasteiger partial charge in [-0.15, -0.1) is 0 Å². The molecule has 1 saturated heterocycles. The highest BCUT2D eigenvalue weighted by Gasteiger charge is 2.37. The van der Waals surface area contributed by atoms with Gasteiger partial charge in [0.2, 0.25) is 11.8 Å². The number of rotatable bonds is 9. The predicted molar refractivity (Wildman–Crippen MR) is 177 cm³/mol. The fourth-order valence-electron chi connectivity index (χ4n) is 5.62. The number of amides is 4. The molecule has 4 amide bonds. The number of anilines is 2. The van der Waals surface area contributed by atoms with Crippen LogP contribution in [0.1, 0.15) is 44.1 Å². The van der Waals surface area contributed by atoms with E-state index in [1.54, 1.807) is 56.3 Å². The Labute approximate surface area is 279 Å². The summed E-state index contributed by atoms with van der Waals surface area (Å²) in [4.78, 5) is 54.2. The van der Waals surface area contributed by atoms with Crippen molar-refractivity contribution in [1.29, 1.82) is 0 Å². The van der Waals surface area contributed by atoms with E-state index in [2.05, 4.69) is 15.7 Å². The minimum Gasteiger partial charge on any atom is -0.329 e. The van der Waals surface area contributed by atoms with Crippen LogP contribution in [-0.2, 0) is 16.1 Å². The van der Waals surface area contributed by atoms with E-state index in [1.807, 2.05) is 0 Å². The van der Waals surface area contributed by atoms with Gasteiger partial charge >= 0.3 is 6.03 Å². The van der Waals surface area contributed by atoms with Gasteiger partial charge in [-0.3, -0.25) is 19.1 Å².